The Morgan fingerprint density at radius 1 is 1.10 bits per heavy atom. The molecule has 6 heteroatoms. The van der Waals surface area contributed by atoms with Crippen LogP contribution in [0.1, 0.15) is 35.2 Å². The standard InChI is InChI=1S/C24H22N2O2S2/c1-24-19-10-4-2-8-17(19)16-21(18-9-3-5-11-20(18)24)26(24)23(27)28-14-15-29-30-22-12-6-7-13-25-22/h2-13,21H,14-16H2,1H3. The first-order valence-electron chi connectivity index (χ1n) is 10.0. The molecule has 0 fully saturated rings. The van der Waals surface area contributed by atoms with E-state index < -0.39 is 5.54 Å². The second kappa shape index (κ2) is 8.00. The van der Waals surface area contributed by atoms with Gasteiger partial charge in [0.05, 0.1) is 11.6 Å². The fraction of sp³-hybridized carbons (Fsp3) is 0.250. The summed E-state index contributed by atoms with van der Waals surface area (Å²) >= 11 is 0. The van der Waals surface area contributed by atoms with Crippen molar-refractivity contribution in [3.63, 3.8) is 0 Å². The second-order valence-corrected chi connectivity index (χ2v) is 10.0. The lowest BCUT2D eigenvalue weighted by Gasteiger charge is -2.43. The van der Waals surface area contributed by atoms with E-state index in [1.807, 2.05) is 23.1 Å². The monoisotopic (exact) mass is 434 g/mol. The van der Waals surface area contributed by atoms with E-state index >= 15 is 0 Å². The van der Waals surface area contributed by atoms with Crippen molar-refractivity contribution in [3.8, 4) is 0 Å². The summed E-state index contributed by atoms with van der Waals surface area (Å²) in [4.78, 5) is 19.5. The number of hydrogen-bond donors (Lipinski definition) is 0. The minimum atomic E-state index is -0.497. The molecule has 0 radical (unpaired) electrons. The van der Waals surface area contributed by atoms with E-state index in [1.54, 1.807) is 27.8 Å². The number of pyridine rings is 1. The summed E-state index contributed by atoms with van der Waals surface area (Å²) < 4.78 is 5.74. The van der Waals surface area contributed by atoms with Crippen LogP contribution >= 0.6 is 21.6 Å². The molecule has 2 bridgehead atoms. The maximum Gasteiger partial charge on any atom is 0.411 e. The Hall–Kier alpha value is -2.44. The van der Waals surface area contributed by atoms with Gasteiger partial charge in [-0.1, -0.05) is 65.4 Å². The number of fused-ring (bicyclic) bond motifs is 7. The molecular weight excluding hydrogens is 412 g/mol. The van der Waals surface area contributed by atoms with E-state index in [0.29, 0.717) is 12.4 Å². The van der Waals surface area contributed by atoms with Crippen LogP contribution in [0.25, 0.3) is 0 Å². The van der Waals surface area contributed by atoms with Gasteiger partial charge in [0, 0.05) is 11.9 Å². The number of carbonyl (C=O) groups is 1. The normalized spacial score (nSPS) is 21.1. The molecule has 4 nitrogen and oxygen atoms in total. The molecule has 1 amide bonds. The van der Waals surface area contributed by atoms with Crippen LogP contribution < -0.4 is 0 Å². The minimum absolute atomic E-state index is 0.0177. The highest BCUT2D eigenvalue weighted by Crippen LogP contribution is 2.55. The summed E-state index contributed by atoms with van der Waals surface area (Å²) in [5.74, 6) is 0.714. The fourth-order valence-corrected chi connectivity index (χ4v) is 6.42. The van der Waals surface area contributed by atoms with Gasteiger partial charge in [0.2, 0.25) is 0 Å². The Labute approximate surface area is 184 Å². The van der Waals surface area contributed by atoms with Gasteiger partial charge in [0.15, 0.2) is 0 Å². The molecule has 2 aromatic carbocycles. The van der Waals surface area contributed by atoms with Gasteiger partial charge in [-0.3, -0.25) is 4.90 Å². The van der Waals surface area contributed by atoms with Gasteiger partial charge >= 0.3 is 6.09 Å². The number of aromatic nitrogens is 1. The van der Waals surface area contributed by atoms with Crippen LogP contribution in [0, 0.1) is 0 Å². The predicted molar refractivity (Wildman–Crippen MR) is 122 cm³/mol. The van der Waals surface area contributed by atoms with Crippen molar-refractivity contribution < 1.29 is 9.53 Å². The molecule has 3 heterocycles. The molecule has 0 spiro atoms. The molecule has 3 aromatic rings. The van der Waals surface area contributed by atoms with E-state index in [-0.39, 0.29) is 12.1 Å². The summed E-state index contributed by atoms with van der Waals surface area (Å²) in [7, 11) is 3.25. The van der Waals surface area contributed by atoms with Crippen LogP contribution in [0.5, 0.6) is 0 Å². The van der Waals surface area contributed by atoms with Gasteiger partial charge in [0.25, 0.3) is 0 Å². The first-order valence-corrected chi connectivity index (χ1v) is 12.4. The lowest BCUT2D eigenvalue weighted by Crippen LogP contribution is -2.49. The maximum absolute atomic E-state index is 13.3. The number of benzene rings is 2. The van der Waals surface area contributed by atoms with Crippen LogP contribution in [0.4, 0.5) is 4.79 Å². The first-order chi connectivity index (χ1) is 14.7. The number of amides is 1. The maximum atomic E-state index is 13.3. The number of nitrogens with zero attached hydrogens (tertiary/aromatic N) is 2. The van der Waals surface area contributed by atoms with Crippen LogP contribution in [0.15, 0.2) is 78.0 Å². The van der Waals surface area contributed by atoms with Crippen molar-refractivity contribution in [2.24, 2.45) is 0 Å². The molecule has 2 atom stereocenters. The highest BCUT2D eigenvalue weighted by atomic mass is 33.1. The molecular formula is C24H22N2O2S2. The largest absolute Gasteiger partial charge is 0.448 e. The van der Waals surface area contributed by atoms with Crippen molar-refractivity contribution in [1.29, 1.82) is 0 Å². The molecule has 2 aliphatic rings. The number of rotatable bonds is 5. The molecule has 0 aliphatic carbocycles. The van der Waals surface area contributed by atoms with Gasteiger partial charge in [-0.2, -0.15) is 0 Å². The average molecular weight is 435 g/mol. The quantitative estimate of drug-likeness (QED) is 0.373. The van der Waals surface area contributed by atoms with E-state index in [4.69, 9.17) is 4.74 Å². The van der Waals surface area contributed by atoms with Crippen molar-refractivity contribution in [1.82, 2.24) is 9.88 Å². The lowest BCUT2D eigenvalue weighted by atomic mass is 9.81. The van der Waals surface area contributed by atoms with E-state index in [2.05, 4.69) is 60.4 Å². The molecule has 0 saturated carbocycles. The van der Waals surface area contributed by atoms with E-state index in [1.165, 1.54) is 22.3 Å². The van der Waals surface area contributed by atoms with Crippen molar-refractivity contribution in [3.05, 3.63) is 95.2 Å². The topological polar surface area (TPSA) is 42.4 Å². The molecule has 1 aromatic heterocycles. The average Bonchev–Trinajstić information content (AvgIpc) is 2.97. The van der Waals surface area contributed by atoms with Crippen LogP contribution in [0.2, 0.25) is 0 Å². The van der Waals surface area contributed by atoms with Crippen LogP contribution in [-0.4, -0.2) is 28.3 Å². The van der Waals surface area contributed by atoms with Crippen LogP contribution in [-0.2, 0) is 16.7 Å². The SMILES string of the molecule is CC12c3ccccc3CC(c3ccccc31)N2C(=O)OCCSSc1ccccn1. The Kier molecular flexibility index (Phi) is 5.21. The van der Waals surface area contributed by atoms with Gasteiger partial charge in [-0.25, -0.2) is 9.78 Å². The van der Waals surface area contributed by atoms with Gasteiger partial charge < -0.3 is 4.74 Å². The summed E-state index contributed by atoms with van der Waals surface area (Å²) in [5.41, 5.74) is 4.45. The zero-order chi connectivity index (χ0) is 20.6. The number of hydrogen-bond acceptors (Lipinski definition) is 5. The Morgan fingerprint density at radius 3 is 2.70 bits per heavy atom. The molecule has 0 saturated heterocycles. The van der Waals surface area contributed by atoms with Crippen molar-refractivity contribution in [2.75, 3.05) is 12.4 Å². The third kappa shape index (κ3) is 3.19. The Morgan fingerprint density at radius 2 is 1.87 bits per heavy atom. The molecule has 152 valence electrons. The Balaban J connectivity index is 1.32. The zero-order valence-corrected chi connectivity index (χ0v) is 18.3. The van der Waals surface area contributed by atoms with Crippen LogP contribution in [0.3, 0.4) is 0 Å². The number of ether oxygens (including phenoxy) is 1. The third-order valence-electron chi connectivity index (χ3n) is 5.96. The predicted octanol–water partition coefficient (Wildman–Crippen LogP) is 5.84. The van der Waals surface area contributed by atoms with Gasteiger partial charge in [0.1, 0.15) is 11.6 Å². The van der Waals surface area contributed by atoms with Crippen molar-refractivity contribution >= 4 is 27.7 Å². The summed E-state index contributed by atoms with van der Waals surface area (Å²) in [6.07, 6.45) is 2.37. The van der Waals surface area contributed by atoms with E-state index in [9.17, 15) is 4.79 Å². The smallest absolute Gasteiger partial charge is 0.411 e. The second-order valence-electron chi connectivity index (χ2n) is 7.59. The van der Waals surface area contributed by atoms with Gasteiger partial charge in [-0.05, 0) is 58.5 Å². The molecule has 30 heavy (non-hydrogen) atoms. The highest BCUT2D eigenvalue weighted by Gasteiger charge is 2.54. The summed E-state index contributed by atoms with van der Waals surface area (Å²) in [6.45, 7) is 2.53. The lowest BCUT2D eigenvalue weighted by molar-refractivity contribution is 0.0534. The first kappa shape index (κ1) is 19.5. The third-order valence-corrected chi connectivity index (χ3v) is 8.19. The molecule has 0 N–H and O–H groups in total. The highest BCUT2D eigenvalue weighted by molar-refractivity contribution is 8.76. The molecule has 5 rings (SSSR count). The fourth-order valence-electron chi connectivity index (χ4n) is 4.71. The minimum Gasteiger partial charge on any atom is -0.448 e. The van der Waals surface area contributed by atoms with Crippen molar-refractivity contribution in [2.45, 2.75) is 30.0 Å². The summed E-state index contributed by atoms with van der Waals surface area (Å²) in [6, 6.07) is 22.7. The van der Waals surface area contributed by atoms with E-state index in [0.717, 1.165) is 11.4 Å². The zero-order valence-electron chi connectivity index (χ0n) is 16.7. The molecule has 2 aliphatic heterocycles. The Bertz CT molecular complexity index is 1060. The summed E-state index contributed by atoms with van der Waals surface area (Å²) in [5, 5.41) is 0.961. The number of carbonyl (C=O) groups excluding carboxylic acids is 1. The molecule has 2 unspecified atom stereocenters. The van der Waals surface area contributed by atoms with Gasteiger partial charge in [-0.15, -0.1) is 0 Å².